The van der Waals surface area contributed by atoms with Gasteiger partial charge in [0.2, 0.25) is 27.3 Å². The van der Waals surface area contributed by atoms with Crippen molar-refractivity contribution in [1.29, 1.82) is 0 Å². The minimum atomic E-state index is -4.13. The number of aromatic nitrogens is 3. The molecule has 1 unspecified atom stereocenters. The first-order chi connectivity index (χ1) is 32.3. The van der Waals surface area contributed by atoms with Gasteiger partial charge >= 0.3 is 0 Å². The fraction of sp³-hybridized carbons (Fsp3) is 0.714. The Balaban J connectivity index is 0.000000185. The number of halogens is 9. The third-order valence-electron chi connectivity index (χ3n) is 11.4. The Hall–Kier alpha value is -1.50. The number of hydrogen-bond acceptors (Lipinski definition) is 18. The van der Waals surface area contributed by atoms with E-state index in [-0.39, 0.29) is 58.6 Å². The summed E-state index contributed by atoms with van der Waals surface area (Å²) >= 11 is 49.7. The summed E-state index contributed by atoms with van der Waals surface area (Å²) in [4.78, 5) is 15.4. The lowest BCUT2D eigenvalue weighted by atomic mass is 10.1. The second-order valence-corrected chi connectivity index (χ2v) is 32.8. The standard InChI is InChI=1S/C13H16Cl2N2O4S.C13H17ClN2O4S.C13H18N2O4S.C2Cl6.CH4/c1-7-10(11(20-16-7)8-4-5-8)13(14,15)22(18,19)9-6-12(2,3)21-17-9;1-7-10(11(19-15-7)8-4-5-8)12(14)21(17,18)9-6-13(2,3)20-16-9;1-8-10(12(18-14-8)9-4-5-9)7-20(16,17)11-6-13(2,3)19-15-11;3-1(4,5)2(6,7)8;/h8H,4-6H2,1-3H3;8,12H,4-6H2,1-3H3;9H,4-7H2,1-3H3;;1H4. The number of sulfone groups is 3. The number of rotatable bonds is 9. The van der Waals surface area contributed by atoms with E-state index in [1.165, 1.54) is 0 Å². The van der Waals surface area contributed by atoms with Crippen LogP contribution in [-0.4, -0.2) is 80.2 Å². The molecule has 0 saturated heterocycles. The zero-order chi connectivity index (χ0) is 53.3. The molecule has 6 aliphatic rings. The van der Waals surface area contributed by atoms with Crippen molar-refractivity contribution in [3.05, 3.63) is 51.1 Å². The molecule has 0 bridgehead atoms. The maximum absolute atomic E-state index is 12.8. The molecular formula is C42H55Cl9N6O12S3. The summed E-state index contributed by atoms with van der Waals surface area (Å²) in [5.74, 6) is 2.35. The molecule has 3 fully saturated rings. The second kappa shape index (κ2) is 21.7. The third kappa shape index (κ3) is 14.2. The van der Waals surface area contributed by atoms with Gasteiger partial charge in [0.15, 0.2) is 29.7 Å². The van der Waals surface area contributed by atoms with Gasteiger partial charge in [0.1, 0.15) is 34.1 Å². The van der Waals surface area contributed by atoms with E-state index in [2.05, 4.69) is 30.9 Å². The van der Waals surface area contributed by atoms with E-state index in [4.69, 9.17) is 132 Å². The van der Waals surface area contributed by atoms with E-state index in [0.717, 1.165) is 44.3 Å². The minimum Gasteiger partial charge on any atom is -0.389 e. The van der Waals surface area contributed by atoms with Gasteiger partial charge in [0.05, 0.1) is 34.0 Å². The lowest BCUT2D eigenvalue weighted by molar-refractivity contribution is 0.0120. The first-order valence-electron chi connectivity index (χ1n) is 21.8. The quantitative estimate of drug-likeness (QED) is 0.181. The van der Waals surface area contributed by atoms with Crippen LogP contribution >= 0.6 is 104 Å². The van der Waals surface area contributed by atoms with E-state index < -0.39 is 62.3 Å². The topological polar surface area (TPSA) is 245 Å². The van der Waals surface area contributed by atoms with E-state index >= 15 is 0 Å². The maximum atomic E-state index is 12.8. The Morgan fingerprint density at radius 1 is 0.556 bits per heavy atom. The normalized spacial score (nSPS) is 20.8. The molecule has 406 valence electrons. The highest BCUT2D eigenvalue weighted by atomic mass is 35.6. The number of oxime groups is 3. The lowest BCUT2D eigenvalue weighted by Gasteiger charge is -2.20. The van der Waals surface area contributed by atoms with Crippen molar-refractivity contribution in [2.75, 3.05) is 0 Å². The molecule has 1 atom stereocenters. The summed E-state index contributed by atoms with van der Waals surface area (Å²) in [7, 11) is -11.4. The van der Waals surface area contributed by atoms with Gasteiger partial charge in [-0.15, -0.1) is 0 Å². The van der Waals surface area contributed by atoms with Crippen molar-refractivity contribution in [3.8, 4) is 0 Å². The van der Waals surface area contributed by atoms with Crippen LogP contribution in [0.5, 0.6) is 0 Å². The molecule has 3 saturated carbocycles. The molecule has 0 radical (unpaired) electrons. The Morgan fingerprint density at radius 2 is 0.931 bits per heavy atom. The second-order valence-electron chi connectivity index (χ2n) is 19.7. The largest absolute Gasteiger partial charge is 0.389 e. The van der Waals surface area contributed by atoms with Crippen molar-refractivity contribution in [2.45, 2.75) is 184 Å². The van der Waals surface area contributed by atoms with Crippen LogP contribution in [0.2, 0.25) is 0 Å². The van der Waals surface area contributed by atoms with Crippen LogP contribution in [0.15, 0.2) is 29.0 Å². The smallest absolute Gasteiger partial charge is 0.254 e. The van der Waals surface area contributed by atoms with Crippen LogP contribution in [0.1, 0.15) is 180 Å². The first-order valence-corrected chi connectivity index (χ1v) is 30.0. The summed E-state index contributed by atoms with van der Waals surface area (Å²) in [6.45, 7) is 15.8. The molecule has 0 N–H and O–H groups in total. The molecule has 6 heterocycles. The number of aryl methyl sites for hydroxylation is 3. The Bertz CT molecular complexity index is 2920. The monoisotopic (exact) mass is 1250 g/mol. The van der Waals surface area contributed by atoms with E-state index in [1.807, 2.05) is 13.8 Å². The summed E-state index contributed by atoms with van der Waals surface area (Å²) in [5.41, 5.74) is 1.03. The molecule has 3 aliphatic heterocycles. The van der Waals surface area contributed by atoms with Gasteiger partial charge in [-0.3, -0.25) is 0 Å². The molecule has 18 nitrogen and oxygen atoms in total. The van der Waals surface area contributed by atoms with Crippen molar-refractivity contribution >= 4 is 149 Å². The molecule has 0 spiro atoms. The van der Waals surface area contributed by atoms with Crippen LogP contribution in [0, 0.1) is 20.8 Å². The van der Waals surface area contributed by atoms with Gasteiger partial charge in [-0.25, -0.2) is 25.3 Å². The van der Waals surface area contributed by atoms with Crippen molar-refractivity contribution in [1.82, 2.24) is 15.5 Å². The van der Waals surface area contributed by atoms with Gasteiger partial charge < -0.3 is 28.1 Å². The molecule has 72 heavy (non-hydrogen) atoms. The average molecular weight is 1250 g/mol. The van der Waals surface area contributed by atoms with Gasteiger partial charge in [-0.2, -0.15) is 0 Å². The van der Waals surface area contributed by atoms with Crippen LogP contribution in [0.25, 0.3) is 0 Å². The Kier molecular flexibility index (Phi) is 18.5. The van der Waals surface area contributed by atoms with E-state index in [0.29, 0.717) is 52.1 Å². The van der Waals surface area contributed by atoms with Gasteiger partial charge in [0, 0.05) is 42.6 Å². The zero-order valence-corrected chi connectivity index (χ0v) is 48.8. The molecule has 30 heteroatoms. The average Bonchev–Trinajstić information content (AvgIpc) is 4.21. The zero-order valence-electron chi connectivity index (χ0n) is 39.6. The lowest BCUT2D eigenvalue weighted by Crippen LogP contribution is -2.33. The van der Waals surface area contributed by atoms with Crippen molar-refractivity contribution < 1.29 is 53.3 Å². The van der Waals surface area contributed by atoms with Gasteiger partial charge in [-0.05, 0) is 101 Å². The summed E-state index contributed by atoms with van der Waals surface area (Å²) in [6, 6.07) is 0. The van der Waals surface area contributed by atoms with Crippen LogP contribution in [0.3, 0.4) is 0 Å². The van der Waals surface area contributed by atoms with Crippen molar-refractivity contribution in [2.24, 2.45) is 15.5 Å². The minimum absolute atomic E-state index is 0. The molecule has 3 aromatic rings. The third-order valence-corrected chi connectivity index (χ3v) is 21.5. The molecular weight excluding hydrogens is 1200 g/mol. The Labute approximate surface area is 464 Å². The predicted octanol–water partition coefficient (Wildman–Crippen LogP) is 13.1. The van der Waals surface area contributed by atoms with Crippen LogP contribution in [0.4, 0.5) is 0 Å². The highest BCUT2D eigenvalue weighted by Crippen LogP contribution is 2.52. The van der Waals surface area contributed by atoms with E-state index in [1.54, 1.807) is 48.5 Å². The van der Waals surface area contributed by atoms with Gasteiger partial charge in [-0.1, -0.05) is 143 Å². The molecule has 0 aromatic carbocycles. The SMILES string of the molecule is C.Cc1noc(C2CC2)c1C(Cl)(Cl)S(=O)(=O)C1=NOC(C)(C)C1.Cc1noc(C2CC2)c1C(Cl)S(=O)(=O)C1=NOC(C)(C)C1.Cc1noc(C2CC2)c1CS(=O)(=O)C1=NOC(C)(C)C1.ClC(Cl)(Cl)C(Cl)(Cl)Cl. The summed E-state index contributed by atoms with van der Waals surface area (Å²) in [5, 5.41) is 22.7. The fourth-order valence-electron chi connectivity index (χ4n) is 7.03. The highest BCUT2D eigenvalue weighted by Gasteiger charge is 2.54. The summed E-state index contributed by atoms with van der Waals surface area (Å²) in [6.07, 6.45) is 6.47. The predicted molar refractivity (Wildman–Crippen MR) is 281 cm³/mol. The molecule has 3 aromatic heterocycles. The highest BCUT2D eigenvalue weighted by molar-refractivity contribution is 8.09. The molecule has 0 amide bonds. The van der Waals surface area contributed by atoms with Crippen LogP contribution in [-0.2, 0) is 53.4 Å². The summed E-state index contributed by atoms with van der Waals surface area (Å²) < 4.78 is 84.6. The Morgan fingerprint density at radius 3 is 1.36 bits per heavy atom. The number of hydrogen-bond donors (Lipinski definition) is 0. The number of alkyl halides is 9. The van der Waals surface area contributed by atoms with Gasteiger partial charge in [0.25, 0.3) is 3.67 Å². The number of nitrogens with zero attached hydrogens (tertiary/aromatic N) is 6. The fourth-order valence-corrected chi connectivity index (χ4v) is 13.2. The van der Waals surface area contributed by atoms with E-state index in [9.17, 15) is 25.3 Å². The molecule has 3 aliphatic carbocycles. The van der Waals surface area contributed by atoms with Crippen LogP contribution < -0.4 is 0 Å². The van der Waals surface area contributed by atoms with Crippen molar-refractivity contribution in [3.63, 3.8) is 0 Å². The first kappa shape index (κ1) is 61.4. The maximum Gasteiger partial charge on any atom is 0.254 e. The molecule has 9 rings (SSSR count).